The number of amides is 1. The van der Waals surface area contributed by atoms with Gasteiger partial charge in [-0.1, -0.05) is 22.0 Å². The van der Waals surface area contributed by atoms with Gasteiger partial charge in [0.25, 0.3) is 0 Å². The van der Waals surface area contributed by atoms with Crippen LogP contribution in [0.3, 0.4) is 0 Å². The summed E-state index contributed by atoms with van der Waals surface area (Å²) in [6.45, 7) is 1.47. The smallest absolute Gasteiger partial charge is 0.227 e. The van der Waals surface area contributed by atoms with Crippen LogP contribution in [0.5, 0.6) is 0 Å². The molecule has 5 heteroatoms. The van der Waals surface area contributed by atoms with E-state index >= 15 is 0 Å². The van der Waals surface area contributed by atoms with Crippen molar-refractivity contribution in [2.45, 2.75) is 6.92 Å². The van der Waals surface area contributed by atoms with Crippen LogP contribution in [0.4, 0.5) is 5.69 Å². The number of halogens is 1. The van der Waals surface area contributed by atoms with Crippen molar-refractivity contribution in [2.24, 2.45) is 0 Å². The van der Waals surface area contributed by atoms with Gasteiger partial charge in [0.05, 0.1) is 0 Å². The predicted molar refractivity (Wildman–Crippen MR) is 81.4 cm³/mol. The van der Waals surface area contributed by atoms with Gasteiger partial charge in [0.2, 0.25) is 11.8 Å². The monoisotopic (exact) mass is 330 g/mol. The molecule has 1 aromatic heterocycles. The Morgan fingerprint density at radius 3 is 2.85 bits per heavy atom. The average Bonchev–Trinajstić information content (AvgIpc) is 2.81. The maximum Gasteiger partial charge on any atom is 0.227 e. The molecule has 0 saturated carbocycles. The molecule has 1 amide bonds. The predicted octanol–water partition coefficient (Wildman–Crippen LogP) is 4.22. The number of aromatic nitrogens is 1. The van der Waals surface area contributed by atoms with Crippen molar-refractivity contribution in [1.82, 2.24) is 4.98 Å². The van der Waals surface area contributed by atoms with E-state index in [0.717, 1.165) is 10.0 Å². The highest BCUT2D eigenvalue weighted by Gasteiger charge is 2.09. The summed E-state index contributed by atoms with van der Waals surface area (Å²) in [7, 11) is 0. The lowest BCUT2D eigenvalue weighted by atomic mass is 10.2. The first kappa shape index (κ1) is 12.9. The molecule has 0 fully saturated rings. The Morgan fingerprint density at radius 2 is 2.10 bits per heavy atom. The quantitative estimate of drug-likeness (QED) is 0.765. The normalized spacial score (nSPS) is 10.7. The van der Waals surface area contributed by atoms with Crippen LogP contribution in [0.15, 0.2) is 51.4 Å². The van der Waals surface area contributed by atoms with Crippen LogP contribution in [0.2, 0.25) is 0 Å². The number of fused-ring (bicyclic) bond motifs is 1. The third-order valence-corrected chi connectivity index (χ3v) is 3.27. The van der Waals surface area contributed by atoms with E-state index in [2.05, 4.69) is 26.2 Å². The number of rotatable bonds is 2. The minimum Gasteiger partial charge on any atom is -0.436 e. The number of anilines is 1. The molecule has 4 nitrogen and oxygen atoms in total. The number of hydrogen-bond acceptors (Lipinski definition) is 3. The van der Waals surface area contributed by atoms with Crippen molar-refractivity contribution in [3.63, 3.8) is 0 Å². The molecule has 0 bridgehead atoms. The lowest BCUT2D eigenvalue weighted by molar-refractivity contribution is -0.114. The van der Waals surface area contributed by atoms with Crippen LogP contribution in [0, 0.1) is 0 Å². The minimum atomic E-state index is -0.111. The van der Waals surface area contributed by atoms with Crippen molar-refractivity contribution in [1.29, 1.82) is 0 Å². The summed E-state index contributed by atoms with van der Waals surface area (Å²) in [5.41, 5.74) is 3.01. The zero-order valence-electron chi connectivity index (χ0n) is 10.7. The van der Waals surface area contributed by atoms with Gasteiger partial charge in [0.15, 0.2) is 5.58 Å². The number of nitrogens with one attached hydrogen (secondary N) is 1. The molecule has 20 heavy (non-hydrogen) atoms. The fourth-order valence-corrected chi connectivity index (χ4v) is 2.35. The van der Waals surface area contributed by atoms with Gasteiger partial charge in [-0.25, -0.2) is 4.98 Å². The van der Waals surface area contributed by atoms with E-state index in [9.17, 15) is 4.79 Å². The Balaban J connectivity index is 2.04. The number of oxazole rings is 1. The first-order valence-electron chi connectivity index (χ1n) is 6.06. The maximum atomic E-state index is 11.1. The Morgan fingerprint density at radius 1 is 1.25 bits per heavy atom. The lowest BCUT2D eigenvalue weighted by Crippen LogP contribution is -2.05. The average molecular weight is 331 g/mol. The fourth-order valence-electron chi connectivity index (χ4n) is 1.95. The van der Waals surface area contributed by atoms with E-state index in [1.165, 1.54) is 6.92 Å². The molecule has 0 spiro atoms. The van der Waals surface area contributed by atoms with Crippen LogP contribution in [-0.4, -0.2) is 10.9 Å². The highest BCUT2D eigenvalue weighted by atomic mass is 79.9. The first-order chi connectivity index (χ1) is 9.61. The summed E-state index contributed by atoms with van der Waals surface area (Å²) in [5, 5.41) is 2.73. The largest absolute Gasteiger partial charge is 0.436 e. The van der Waals surface area contributed by atoms with E-state index in [1.54, 1.807) is 18.2 Å². The van der Waals surface area contributed by atoms with E-state index < -0.39 is 0 Å². The second-order valence-corrected chi connectivity index (χ2v) is 5.31. The molecule has 3 aromatic rings. The Hall–Kier alpha value is -2.14. The fraction of sp³-hybridized carbons (Fsp3) is 0.0667. The Labute approximate surface area is 123 Å². The van der Waals surface area contributed by atoms with Gasteiger partial charge < -0.3 is 9.73 Å². The molecule has 100 valence electrons. The lowest BCUT2D eigenvalue weighted by Gasteiger charge is -1.99. The molecule has 3 rings (SSSR count). The zero-order valence-corrected chi connectivity index (χ0v) is 12.3. The van der Waals surface area contributed by atoms with Crippen LogP contribution in [-0.2, 0) is 4.79 Å². The molecule has 0 unspecified atom stereocenters. The van der Waals surface area contributed by atoms with E-state index in [-0.39, 0.29) is 5.91 Å². The third-order valence-electron chi connectivity index (χ3n) is 2.78. The highest BCUT2D eigenvalue weighted by molar-refractivity contribution is 9.10. The summed E-state index contributed by atoms with van der Waals surface area (Å²) in [6, 6.07) is 13.1. The Kier molecular flexibility index (Phi) is 3.28. The van der Waals surface area contributed by atoms with E-state index in [4.69, 9.17) is 4.42 Å². The summed E-state index contributed by atoms with van der Waals surface area (Å²) < 4.78 is 6.69. The van der Waals surface area contributed by atoms with Crippen molar-refractivity contribution >= 4 is 38.6 Å². The molecule has 1 N–H and O–H groups in total. The standard InChI is InChI=1S/C15H11BrN2O2/c1-9(19)17-12-5-6-14-13(8-12)18-15(20-14)10-3-2-4-11(16)7-10/h2-8H,1H3,(H,17,19). The highest BCUT2D eigenvalue weighted by Crippen LogP contribution is 2.27. The number of carbonyl (C=O) groups excluding carboxylic acids is 1. The zero-order chi connectivity index (χ0) is 14.1. The summed E-state index contributed by atoms with van der Waals surface area (Å²) >= 11 is 3.43. The molecule has 2 aromatic carbocycles. The van der Waals surface area contributed by atoms with Gasteiger partial charge in [-0.15, -0.1) is 0 Å². The minimum absolute atomic E-state index is 0.111. The molecule has 1 heterocycles. The van der Waals surface area contributed by atoms with Crippen LogP contribution in [0.25, 0.3) is 22.6 Å². The second kappa shape index (κ2) is 5.09. The van der Waals surface area contributed by atoms with Gasteiger partial charge in [-0.2, -0.15) is 0 Å². The molecule has 0 aliphatic rings. The first-order valence-corrected chi connectivity index (χ1v) is 6.85. The topological polar surface area (TPSA) is 55.1 Å². The second-order valence-electron chi connectivity index (χ2n) is 4.39. The molecule has 0 aliphatic heterocycles. The SMILES string of the molecule is CC(=O)Nc1ccc2oc(-c3cccc(Br)c3)nc2c1. The summed E-state index contributed by atoms with van der Waals surface area (Å²) in [6.07, 6.45) is 0. The number of nitrogens with zero attached hydrogens (tertiary/aromatic N) is 1. The Bertz CT molecular complexity index is 795. The van der Waals surface area contributed by atoms with Gasteiger partial charge in [0.1, 0.15) is 5.52 Å². The van der Waals surface area contributed by atoms with E-state index in [1.807, 2.05) is 24.3 Å². The van der Waals surface area contributed by atoms with Gasteiger partial charge >= 0.3 is 0 Å². The molecule has 0 aliphatic carbocycles. The van der Waals surface area contributed by atoms with Crippen LogP contribution in [0.1, 0.15) is 6.92 Å². The summed E-state index contributed by atoms with van der Waals surface area (Å²) in [4.78, 5) is 15.5. The molecule has 0 radical (unpaired) electrons. The third kappa shape index (κ3) is 2.58. The van der Waals surface area contributed by atoms with Crippen LogP contribution >= 0.6 is 15.9 Å². The van der Waals surface area contributed by atoms with Gasteiger partial charge in [0, 0.05) is 22.6 Å². The summed E-state index contributed by atoms with van der Waals surface area (Å²) in [5.74, 6) is 0.446. The number of carbonyl (C=O) groups is 1. The number of hydrogen-bond donors (Lipinski definition) is 1. The molecular formula is C15H11BrN2O2. The molecule has 0 saturated heterocycles. The van der Waals surface area contributed by atoms with Crippen LogP contribution < -0.4 is 5.32 Å². The van der Waals surface area contributed by atoms with Crippen molar-refractivity contribution in [3.8, 4) is 11.5 Å². The van der Waals surface area contributed by atoms with Crippen molar-refractivity contribution in [3.05, 3.63) is 46.9 Å². The molecular weight excluding hydrogens is 320 g/mol. The van der Waals surface area contributed by atoms with Gasteiger partial charge in [-0.3, -0.25) is 4.79 Å². The number of benzene rings is 2. The van der Waals surface area contributed by atoms with Gasteiger partial charge in [-0.05, 0) is 36.4 Å². The van der Waals surface area contributed by atoms with E-state index in [0.29, 0.717) is 22.7 Å². The van der Waals surface area contributed by atoms with Crippen molar-refractivity contribution in [2.75, 3.05) is 5.32 Å². The molecule has 0 atom stereocenters. The maximum absolute atomic E-state index is 11.1. The van der Waals surface area contributed by atoms with Crippen molar-refractivity contribution < 1.29 is 9.21 Å².